The van der Waals surface area contributed by atoms with Crippen LogP contribution in [0.5, 0.6) is 5.75 Å². The minimum Gasteiger partial charge on any atom is -0.496 e. The fourth-order valence-electron chi connectivity index (χ4n) is 1.85. The molecule has 1 heterocycles. The molecule has 0 saturated heterocycles. The Hall–Kier alpha value is -1.29. The minimum atomic E-state index is 0.844. The molecule has 1 aromatic heterocycles. The van der Waals surface area contributed by atoms with Crippen molar-refractivity contribution in [1.29, 1.82) is 0 Å². The molecule has 0 unspecified atom stereocenters. The maximum Gasteiger partial charge on any atom is 0.144 e. The van der Waals surface area contributed by atoms with Gasteiger partial charge in [0.2, 0.25) is 0 Å². The second kappa shape index (κ2) is 4.53. The molecule has 0 radical (unpaired) electrons. The highest BCUT2D eigenvalue weighted by Gasteiger charge is 2.14. The number of hydrogen-bond donors (Lipinski definition) is 0. The van der Waals surface area contributed by atoms with Gasteiger partial charge in [0.05, 0.1) is 18.4 Å². The number of aryl methyl sites for hydroxylation is 2. The van der Waals surface area contributed by atoms with Crippen molar-refractivity contribution < 1.29 is 4.74 Å². The van der Waals surface area contributed by atoms with Gasteiger partial charge in [0.1, 0.15) is 16.2 Å². The van der Waals surface area contributed by atoms with Crippen LogP contribution < -0.4 is 4.74 Å². The summed E-state index contributed by atoms with van der Waals surface area (Å²) in [4.78, 5) is 4.57. The van der Waals surface area contributed by atoms with Crippen LogP contribution in [0.25, 0.3) is 11.4 Å². The van der Waals surface area contributed by atoms with Crippen LogP contribution in [0.4, 0.5) is 0 Å². The van der Waals surface area contributed by atoms with Crippen LogP contribution in [0.15, 0.2) is 22.8 Å². The zero-order valence-electron chi connectivity index (χ0n) is 10.4. The summed E-state index contributed by atoms with van der Waals surface area (Å²) < 4.78 is 8.41. The Morgan fingerprint density at radius 2 is 2.00 bits per heavy atom. The lowest BCUT2D eigenvalue weighted by Crippen LogP contribution is -1.96. The van der Waals surface area contributed by atoms with Gasteiger partial charge in [-0.05, 0) is 41.9 Å². The molecule has 0 aliphatic heterocycles. The van der Waals surface area contributed by atoms with Gasteiger partial charge >= 0.3 is 0 Å². The minimum absolute atomic E-state index is 0.844. The molecule has 3 nitrogen and oxygen atoms in total. The molecule has 0 atom stereocenters. The number of hydrogen-bond acceptors (Lipinski definition) is 2. The van der Waals surface area contributed by atoms with Crippen LogP contribution in [-0.4, -0.2) is 16.7 Å². The Morgan fingerprint density at radius 3 is 2.53 bits per heavy atom. The summed E-state index contributed by atoms with van der Waals surface area (Å²) in [7, 11) is 3.67. The number of imidazole rings is 1. The van der Waals surface area contributed by atoms with Crippen LogP contribution in [0.1, 0.15) is 11.3 Å². The summed E-state index contributed by atoms with van der Waals surface area (Å²) in [5, 5.41) is 0. The van der Waals surface area contributed by atoms with E-state index >= 15 is 0 Å². The Labute approximate surface area is 110 Å². The van der Waals surface area contributed by atoms with Gasteiger partial charge in [-0.25, -0.2) is 4.98 Å². The van der Waals surface area contributed by atoms with E-state index in [1.807, 2.05) is 30.7 Å². The Bertz CT molecular complexity index is 561. The summed E-state index contributed by atoms with van der Waals surface area (Å²) >= 11 is 3.52. The van der Waals surface area contributed by atoms with Crippen LogP contribution in [0.2, 0.25) is 0 Å². The van der Waals surface area contributed by atoms with Gasteiger partial charge in [-0.1, -0.05) is 11.6 Å². The van der Waals surface area contributed by atoms with Crippen LogP contribution in [-0.2, 0) is 7.05 Å². The van der Waals surface area contributed by atoms with Gasteiger partial charge in [0, 0.05) is 7.05 Å². The fraction of sp³-hybridized carbons (Fsp3) is 0.308. The van der Waals surface area contributed by atoms with Crippen LogP contribution in [0, 0.1) is 13.8 Å². The lowest BCUT2D eigenvalue weighted by molar-refractivity contribution is 0.416. The van der Waals surface area contributed by atoms with Gasteiger partial charge < -0.3 is 9.30 Å². The average molecular weight is 295 g/mol. The molecule has 0 amide bonds. The van der Waals surface area contributed by atoms with E-state index in [2.05, 4.69) is 33.9 Å². The number of ether oxygens (including phenoxy) is 1. The van der Waals surface area contributed by atoms with E-state index in [-0.39, 0.29) is 0 Å². The van der Waals surface area contributed by atoms with Gasteiger partial charge in [-0.2, -0.15) is 0 Å². The van der Waals surface area contributed by atoms with Crippen molar-refractivity contribution in [2.24, 2.45) is 7.05 Å². The largest absolute Gasteiger partial charge is 0.496 e. The third-order valence-corrected chi connectivity index (χ3v) is 3.89. The van der Waals surface area contributed by atoms with Crippen molar-refractivity contribution in [3.05, 3.63) is 34.1 Å². The predicted octanol–water partition coefficient (Wildman–Crippen LogP) is 3.48. The number of rotatable bonds is 2. The molecule has 0 aliphatic carbocycles. The number of methoxy groups -OCH3 is 1. The van der Waals surface area contributed by atoms with Crippen molar-refractivity contribution in [3.8, 4) is 17.1 Å². The monoisotopic (exact) mass is 294 g/mol. The Kier molecular flexibility index (Phi) is 3.24. The van der Waals surface area contributed by atoms with E-state index in [4.69, 9.17) is 4.74 Å². The molecule has 0 bridgehead atoms. The normalized spacial score (nSPS) is 10.6. The van der Waals surface area contributed by atoms with Crippen LogP contribution in [0.3, 0.4) is 0 Å². The smallest absolute Gasteiger partial charge is 0.144 e. The standard InChI is InChI=1S/C13H15BrN2O/c1-8-5-6-11(17-4)10(7-8)13-15-9(2)12(14)16(13)3/h5-7H,1-4H3. The van der Waals surface area contributed by atoms with E-state index in [1.54, 1.807) is 7.11 Å². The summed E-state index contributed by atoms with van der Waals surface area (Å²) in [6.45, 7) is 4.05. The summed E-state index contributed by atoms with van der Waals surface area (Å²) in [5.74, 6) is 1.76. The first-order valence-electron chi connectivity index (χ1n) is 5.38. The Balaban J connectivity index is 2.67. The first kappa shape index (κ1) is 12.2. The molecule has 1 aromatic carbocycles. The van der Waals surface area contributed by atoms with Gasteiger partial charge in [-0.3, -0.25) is 0 Å². The molecule has 4 heteroatoms. The van der Waals surface area contributed by atoms with Gasteiger partial charge in [0.15, 0.2) is 0 Å². The second-order valence-electron chi connectivity index (χ2n) is 4.07. The highest BCUT2D eigenvalue weighted by Crippen LogP contribution is 2.32. The molecule has 2 rings (SSSR count). The summed E-state index contributed by atoms with van der Waals surface area (Å²) in [6, 6.07) is 6.10. The molecular weight excluding hydrogens is 280 g/mol. The fourth-order valence-corrected chi connectivity index (χ4v) is 2.11. The molecule has 90 valence electrons. The number of benzene rings is 1. The molecule has 0 aliphatic rings. The van der Waals surface area contributed by atoms with Crippen molar-refractivity contribution >= 4 is 15.9 Å². The third-order valence-electron chi connectivity index (χ3n) is 2.78. The highest BCUT2D eigenvalue weighted by atomic mass is 79.9. The molecule has 2 aromatic rings. The van der Waals surface area contributed by atoms with E-state index in [0.717, 1.165) is 27.4 Å². The van der Waals surface area contributed by atoms with Gasteiger partial charge in [-0.15, -0.1) is 0 Å². The zero-order valence-corrected chi connectivity index (χ0v) is 12.0. The van der Waals surface area contributed by atoms with Crippen molar-refractivity contribution in [3.63, 3.8) is 0 Å². The maximum absolute atomic E-state index is 5.39. The predicted molar refractivity (Wildman–Crippen MR) is 72.4 cm³/mol. The number of aromatic nitrogens is 2. The lowest BCUT2D eigenvalue weighted by atomic mass is 10.1. The molecule has 17 heavy (non-hydrogen) atoms. The second-order valence-corrected chi connectivity index (χ2v) is 4.83. The van der Waals surface area contributed by atoms with Gasteiger partial charge in [0.25, 0.3) is 0 Å². The van der Waals surface area contributed by atoms with Crippen molar-refractivity contribution in [2.75, 3.05) is 7.11 Å². The average Bonchev–Trinajstić information content (AvgIpc) is 2.57. The highest BCUT2D eigenvalue weighted by molar-refractivity contribution is 9.10. The van der Waals surface area contributed by atoms with E-state index in [1.165, 1.54) is 5.56 Å². The third kappa shape index (κ3) is 2.09. The van der Waals surface area contributed by atoms with Crippen molar-refractivity contribution in [1.82, 2.24) is 9.55 Å². The SMILES string of the molecule is COc1ccc(C)cc1-c1nc(C)c(Br)n1C. The van der Waals surface area contributed by atoms with E-state index < -0.39 is 0 Å². The molecular formula is C13H15BrN2O. The quantitative estimate of drug-likeness (QED) is 0.848. The van der Waals surface area contributed by atoms with E-state index in [0.29, 0.717) is 0 Å². The topological polar surface area (TPSA) is 27.1 Å². The maximum atomic E-state index is 5.39. The van der Waals surface area contributed by atoms with Crippen LogP contribution >= 0.6 is 15.9 Å². The first-order chi connectivity index (χ1) is 8.04. The Morgan fingerprint density at radius 1 is 1.29 bits per heavy atom. The summed E-state index contributed by atoms with van der Waals surface area (Å²) in [5.41, 5.74) is 3.19. The molecule has 0 N–H and O–H groups in total. The molecule has 0 spiro atoms. The molecule has 0 fully saturated rings. The first-order valence-corrected chi connectivity index (χ1v) is 6.17. The lowest BCUT2D eigenvalue weighted by Gasteiger charge is -2.09. The van der Waals surface area contributed by atoms with Crippen molar-refractivity contribution in [2.45, 2.75) is 13.8 Å². The zero-order chi connectivity index (χ0) is 12.6. The number of halogens is 1. The molecule has 0 saturated carbocycles. The summed E-state index contributed by atoms with van der Waals surface area (Å²) in [6.07, 6.45) is 0. The number of nitrogens with zero attached hydrogens (tertiary/aromatic N) is 2. The van der Waals surface area contributed by atoms with E-state index in [9.17, 15) is 0 Å².